The monoisotopic (exact) mass is 361 g/mol. The van der Waals surface area contributed by atoms with Crippen LogP contribution in [0.4, 0.5) is 0 Å². The lowest BCUT2D eigenvalue weighted by Gasteiger charge is -2.17. The number of aryl methyl sites for hydroxylation is 1. The molecule has 0 radical (unpaired) electrons. The molecule has 0 aliphatic heterocycles. The number of carbonyl (C=O) groups is 3. The molecule has 8 nitrogen and oxygen atoms in total. The van der Waals surface area contributed by atoms with Crippen molar-refractivity contribution in [2.24, 2.45) is 12.8 Å². The number of rotatable bonds is 9. The second-order valence-electron chi connectivity index (χ2n) is 6.28. The van der Waals surface area contributed by atoms with Crippen molar-refractivity contribution in [3.8, 4) is 0 Å². The zero-order chi connectivity index (χ0) is 19.3. The standard InChI is InChI=1S/C18H23N3O5/c1-21-10-11(12-5-2-3-7-15(12)21)9-14(18(25)26)20-17(24)13(19)6-4-8-16(22)23/h2-3,5,7,10,13-14H,4,6,8-9,19H2,1H3,(H,20,24)(H,22,23)(H,25,26). The summed E-state index contributed by atoms with van der Waals surface area (Å²) < 4.78 is 1.91. The molecule has 140 valence electrons. The minimum absolute atomic E-state index is 0.0840. The maximum atomic E-state index is 12.1. The summed E-state index contributed by atoms with van der Waals surface area (Å²) in [6, 6.07) is 5.56. The first kappa shape index (κ1) is 19.5. The van der Waals surface area contributed by atoms with E-state index in [1.54, 1.807) is 0 Å². The van der Waals surface area contributed by atoms with Crippen LogP contribution in [0, 0.1) is 0 Å². The van der Waals surface area contributed by atoms with Gasteiger partial charge in [-0.1, -0.05) is 18.2 Å². The number of hydrogen-bond donors (Lipinski definition) is 4. The van der Waals surface area contributed by atoms with Gasteiger partial charge in [-0.2, -0.15) is 0 Å². The molecule has 1 aromatic carbocycles. The first-order valence-electron chi connectivity index (χ1n) is 8.33. The highest BCUT2D eigenvalue weighted by Gasteiger charge is 2.24. The Morgan fingerprint density at radius 1 is 1.23 bits per heavy atom. The molecule has 2 rings (SSSR count). The van der Waals surface area contributed by atoms with E-state index >= 15 is 0 Å². The normalized spacial score (nSPS) is 13.3. The average Bonchev–Trinajstić information content (AvgIpc) is 2.90. The lowest BCUT2D eigenvalue weighted by atomic mass is 10.0. The van der Waals surface area contributed by atoms with Crippen molar-refractivity contribution in [2.75, 3.05) is 0 Å². The summed E-state index contributed by atoms with van der Waals surface area (Å²) in [7, 11) is 1.87. The molecule has 0 aliphatic carbocycles. The van der Waals surface area contributed by atoms with Gasteiger partial charge >= 0.3 is 11.9 Å². The van der Waals surface area contributed by atoms with Gasteiger partial charge in [-0.05, 0) is 24.5 Å². The molecule has 2 atom stereocenters. The van der Waals surface area contributed by atoms with Crippen LogP contribution in [-0.2, 0) is 27.9 Å². The van der Waals surface area contributed by atoms with E-state index in [1.165, 1.54) is 0 Å². The van der Waals surface area contributed by atoms with Gasteiger partial charge < -0.3 is 25.8 Å². The van der Waals surface area contributed by atoms with Crippen LogP contribution in [0.2, 0.25) is 0 Å². The maximum absolute atomic E-state index is 12.1. The maximum Gasteiger partial charge on any atom is 0.326 e. The summed E-state index contributed by atoms with van der Waals surface area (Å²) in [6.45, 7) is 0. The van der Waals surface area contributed by atoms with Gasteiger partial charge in [0.05, 0.1) is 6.04 Å². The largest absolute Gasteiger partial charge is 0.481 e. The number of carboxylic acid groups (broad SMARTS) is 2. The third-order valence-corrected chi connectivity index (χ3v) is 4.26. The van der Waals surface area contributed by atoms with Crippen LogP contribution in [-0.4, -0.2) is 44.7 Å². The Morgan fingerprint density at radius 3 is 2.58 bits per heavy atom. The van der Waals surface area contributed by atoms with Crippen LogP contribution in [0.1, 0.15) is 24.8 Å². The van der Waals surface area contributed by atoms with E-state index < -0.39 is 29.9 Å². The van der Waals surface area contributed by atoms with Crippen LogP contribution in [0.15, 0.2) is 30.5 Å². The molecule has 1 aromatic heterocycles. The van der Waals surface area contributed by atoms with Crippen LogP contribution < -0.4 is 11.1 Å². The van der Waals surface area contributed by atoms with Crippen molar-refractivity contribution >= 4 is 28.7 Å². The predicted molar refractivity (Wildman–Crippen MR) is 95.7 cm³/mol. The summed E-state index contributed by atoms with van der Waals surface area (Å²) in [4.78, 5) is 34.2. The first-order valence-corrected chi connectivity index (χ1v) is 8.33. The number of para-hydroxylation sites is 1. The van der Waals surface area contributed by atoms with Crippen molar-refractivity contribution in [3.05, 3.63) is 36.0 Å². The molecule has 0 spiro atoms. The molecule has 0 bridgehead atoms. The van der Waals surface area contributed by atoms with E-state index in [0.717, 1.165) is 16.5 Å². The molecule has 2 aromatic rings. The van der Waals surface area contributed by atoms with Gasteiger partial charge in [0.15, 0.2) is 0 Å². The zero-order valence-corrected chi connectivity index (χ0v) is 14.5. The number of aliphatic carboxylic acids is 2. The molecular formula is C18H23N3O5. The highest BCUT2D eigenvalue weighted by Crippen LogP contribution is 2.21. The average molecular weight is 361 g/mol. The topological polar surface area (TPSA) is 135 Å². The van der Waals surface area contributed by atoms with Crippen LogP contribution in [0.3, 0.4) is 0 Å². The molecule has 0 aliphatic rings. The lowest BCUT2D eigenvalue weighted by Crippen LogP contribution is -2.49. The Balaban J connectivity index is 2.05. The van der Waals surface area contributed by atoms with Crippen molar-refractivity contribution in [1.82, 2.24) is 9.88 Å². The number of carbonyl (C=O) groups excluding carboxylic acids is 1. The fourth-order valence-electron chi connectivity index (χ4n) is 2.89. The molecular weight excluding hydrogens is 338 g/mol. The molecule has 0 saturated heterocycles. The smallest absolute Gasteiger partial charge is 0.326 e. The van der Waals surface area contributed by atoms with Gasteiger partial charge in [-0.25, -0.2) is 4.79 Å². The highest BCUT2D eigenvalue weighted by molar-refractivity contribution is 5.88. The minimum Gasteiger partial charge on any atom is -0.481 e. The van der Waals surface area contributed by atoms with Gasteiger partial charge in [0.1, 0.15) is 6.04 Å². The third kappa shape index (κ3) is 4.82. The lowest BCUT2D eigenvalue weighted by molar-refractivity contribution is -0.142. The second kappa shape index (κ2) is 8.48. The van der Waals surface area contributed by atoms with E-state index in [-0.39, 0.29) is 25.7 Å². The Morgan fingerprint density at radius 2 is 1.92 bits per heavy atom. The fourth-order valence-corrected chi connectivity index (χ4v) is 2.89. The minimum atomic E-state index is -1.15. The van der Waals surface area contributed by atoms with Crippen molar-refractivity contribution in [2.45, 2.75) is 37.8 Å². The second-order valence-corrected chi connectivity index (χ2v) is 6.28. The summed E-state index contributed by atoms with van der Waals surface area (Å²) in [6.07, 6.45) is 2.33. The summed E-state index contributed by atoms with van der Waals surface area (Å²) in [5.41, 5.74) is 7.53. The van der Waals surface area contributed by atoms with Crippen molar-refractivity contribution in [3.63, 3.8) is 0 Å². The summed E-state index contributed by atoms with van der Waals surface area (Å²) in [5, 5.41) is 21.5. The van der Waals surface area contributed by atoms with E-state index in [0.29, 0.717) is 0 Å². The van der Waals surface area contributed by atoms with E-state index in [4.69, 9.17) is 10.8 Å². The number of carboxylic acids is 2. The molecule has 1 heterocycles. The Hall–Kier alpha value is -2.87. The number of nitrogens with two attached hydrogens (primary N) is 1. The van der Waals surface area contributed by atoms with Crippen LogP contribution in [0.25, 0.3) is 10.9 Å². The van der Waals surface area contributed by atoms with E-state index in [9.17, 15) is 19.5 Å². The third-order valence-electron chi connectivity index (χ3n) is 4.26. The fraction of sp³-hybridized carbons (Fsp3) is 0.389. The Bertz CT molecular complexity index is 814. The van der Waals surface area contributed by atoms with Crippen molar-refractivity contribution < 1.29 is 24.6 Å². The number of fused-ring (bicyclic) bond motifs is 1. The van der Waals surface area contributed by atoms with Gasteiger partial charge in [0, 0.05) is 37.0 Å². The van der Waals surface area contributed by atoms with E-state index in [1.807, 2.05) is 42.1 Å². The molecule has 2 unspecified atom stereocenters. The van der Waals surface area contributed by atoms with Gasteiger partial charge in [-0.3, -0.25) is 9.59 Å². The van der Waals surface area contributed by atoms with Gasteiger partial charge in [-0.15, -0.1) is 0 Å². The molecule has 26 heavy (non-hydrogen) atoms. The quantitative estimate of drug-likeness (QED) is 0.523. The first-order chi connectivity index (χ1) is 12.3. The van der Waals surface area contributed by atoms with Crippen LogP contribution >= 0.6 is 0 Å². The molecule has 0 fully saturated rings. The predicted octanol–water partition coefficient (Wildman–Crippen LogP) is 0.872. The Labute approximate surface area is 150 Å². The van der Waals surface area contributed by atoms with Gasteiger partial charge in [0.25, 0.3) is 0 Å². The number of hydrogen-bond acceptors (Lipinski definition) is 4. The SMILES string of the molecule is Cn1cc(CC(NC(=O)C(N)CCCC(=O)O)C(=O)O)c2ccccc21. The van der Waals surface area contributed by atoms with Gasteiger partial charge in [0.2, 0.25) is 5.91 Å². The number of nitrogens with one attached hydrogen (secondary N) is 1. The Kier molecular flexibility index (Phi) is 6.35. The number of benzene rings is 1. The summed E-state index contributed by atoms with van der Waals surface area (Å²) >= 11 is 0. The zero-order valence-electron chi connectivity index (χ0n) is 14.5. The molecule has 5 N–H and O–H groups in total. The molecule has 0 saturated carbocycles. The molecule has 8 heteroatoms. The van der Waals surface area contributed by atoms with Crippen molar-refractivity contribution in [1.29, 1.82) is 0 Å². The summed E-state index contributed by atoms with van der Waals surface area (Å²) in [5.74, 6) is -2.70. The number of aromatic nitrogens is 1. The van der Waals surface area contributed by atoms with Crippen LogP contribution in [0.5, 0.6) is 0 Å². The highest BCUT2D eigenvalue weighted by atomic mass is 16.4. The molecule has 1 amide bonds. The van der Waals surface area contributed by atoms with E-state index in [2.05, 4.69) is 5.32 Å². The number of nitrogens with zero attached hydrogens (tertiary/aromatic N) is 1. The number of amides is 1.